The zero-order chi connectivity index (χ0) is 9.26. The SMILES string of the molecule is CC1CC(n2nccc2N)CCO1. The fourth-order valence-corrected chi connectivity index (χ4v) is 1.83. The van der Waals surface area contributed by atoms with Gasteiger partial charge in [-0.2, -0.15) is 5.10 Å². The molecule has 2 rings (SSSR count). The molecule has 0 aromatic carbocycles. The topological polar surface area (TPSA) is 53.1 Å². The predicted octanol–water partition coefficient (Wildman–Crippen LogP) is 1.21. The van der Waals surface area contributed by atoms with Crippen LogP contribution in [-0.4, -0.2) is 22.5 Å². The highest BCUT2D eigenvalue weighted by molar-refractivity contribution is 5.26. The largest absolute Gasteiger partial charge is 0.384 e. The summed E-state index contributed by atoms with van der Waals surface area (Å²) in [5.41, 5.74) is 5.78. The minimum Gasteiger partial charge on any atom is -0.384 e. The van der Waals surface area contributed by atoms with Crippen molar-refractivity contribution in [2.45, 2.75) is 31.9 Å². The first-order valence-electron chi connectivity index (χ1n) is 4.68. The lowest BCUT2D eigenvalue weighted by Crippen LogP contribution is -2.26. The van der Waals surface area contributed by atoms with E-state index in [-0.39, 0.29) is 0 Å². The Labute approximate surface area is 77.7 Å². The van der Waals surface area contributed by atoms with Gasteiger partial charge in [0.15, 0.2) is 0 Å². The van der Waals surface area contributed by atoms with Gasteiger partial charge in [-0.3, -0.25) is 0 Å². The van der Waals surface area contributed by atoms with E-state index in [4.69, 9.17) is 10.5 Å². The first-order valence-corrected chi connectivity index (χ1v) is 4.68. The Morgan fingerprint density at radius 1 is 1.69 bits per heavy atom. The maximum absolute atomic E-state index is 5.78. The Hall–Kier alpha value is -1.03. The Morgan fingerprint density at radius 2 is 2.54 bits per heavy atom. The lowest BCUT2D eigenvalue weighted by atomic mass is 10.0. The van der Waals surface area contributed by atoms with Crippen LogP contribution in [0.5, 0.6) is 0 Å². The number of ether oxygens (including phenoxy) is 1. The second-order valence-electron chi connectivity index (χ2n) is 3.56. The summed E-state index contributed by atoms with van der Waals surface area (Å²) in [6, 6.07) is 2.25. The van der Waals surface area contributed by atoms with Gasteiger partial charge in [0.2, 0.25) is 0 Å². The lowest BCUT2D eigenvalue weighted by Gasteiger charge is -2.27. The number of nitrogens with two attached hydrogens (primary N) is 1. The normalized spacial score (nSPS) is 29.0. The number of aromatic nitrogens is 2. The van der Waals surface area contributed by atoms with Crippen LogP contribution in [0.15, 0.2) is 12.3 Å². The van der Waals surface area contributed by atoms with Crippen LogP contribution in [-0.2, 0) is 4.74 Å². The van der Waals surface area contributed by atoms with Gasteiger partial charge in [0.1, 0.15) is 5.82 Å². The molecule has 1 fully saturated rings. The smallest absolute Gasteiger partial charge is 0.121 e. The zero-order valence-corrected chi connectivity index (χ0v) is 7.81. The summed E-state index contributed by atoms with van der Waals surface area (Å²) in [4.78, 5) is 0. The van der Waals surface area contributed by atoms with Gasteiger partial charge in [-0.05, 0) is 25.8 Å². The number of rotatable bonds is 1. The van der Waals surface area contributed by atoms with E-state index in [1.165, 1.54) is 0 Å². The van der Waals surface area contributed by atoms with Crippen molar-refractivity contribution in [2.75, 3.05) is 12.3 Å². The van der Waals surface area contributed by atoms with Crippen molar-refractivity contribution in [3.8, 4) is 0 Å². The molecule has 0 saturated carbocycles. The molecule has 1 aromatic rings. The van der Waals surface area contributed by atoms with Gasteiger partial charge >= 0.3 is 0 Å². The summed E-state index contributed by atoms with van der Waals surface area (Å²) in [6.45, 7) is 2.90. The monoisotopic (exact) mass is 181 g/mol. The van der Waals surface area contributed by atoms with E-state index >= 15 is 0 Å². The minimum absolute atomic E-state index is 0.322. The fraction of sp³-hybridized carbons (Fsp3) is 0.667. The van der Waals surface area contributed by atoms with E-state index in [0.717, 1.165) is 25.3 Å². The molecule has 2 unspecified atom stereocenters. The zero-order valence-electron chi connectivity index (χ0n) is 7.81. The third-order valence-electron chi connectivity index (χ3n) is 2.50. The quantitative estimate of drug-likeness (QED) is 0.708. The lowest BCUT2D eigenvalue weighted by molar-refractivity contribution is 0.00399. The van der Waals surface area contributed by atoms with Crippen molar-refractivity contribution in [3.63, 3.8) is 0 Å². The van der Waals surface area contributed by atoms with Gasteiger partial charge in [0.05, 0.1) is 18.3 Å². The van der Waals surface area contributed by atoms with Gasteiger partial charge in [-0.1, -0.05) is 0 Å². The summed E-state index contributed by atoms with van der Waals surface area (Å²) >= 11 is 0. The van der Waals surface area contributed by atoms with E-state index in [1.54, 1.807) is 6.20 Å². The van der Waals surface area contributed by atoms with E-state index in [1.807, 2.05) is 10.7 Å². The van der Waals surface area contributed by atoms with Crippen molar-refractivity contribution < 1.29 is 4.74 Å². The molecule has 72 valence electrons. The molecule has 2 atom stereocenters. The third kappa shape index (κ3) is 1.67. The van der Waals surface area contributed by atoms with E-state index < -0.39 is 0 Å². The molecule has 1 saturated heterocycles. The van der Waals surface area contributed by atoms with Crippen LogP contribution >= 0.6 is 0 Å². The molecule has 0 radical (unpaired) electrons. The van der Waals surface area contributed by atoms with E-state index in [9.17, 15) is 0 Å². The molecule has 4 nitrogen and oxygen atoms in total. The van der Waals surface area contributed by atoms with Crippen LogP contribution in [0.3, 0.4) is 0 Å². The Kier molecular flexibility index (Phi) is 2.22. The van der Waals surface area contributed by atoms with Crippen molar-refractivity contribution in [2.24, 2.45) is 0 Å². The molecular formula is C9H15N3O. The number of hydrogen-bond donors (Lipinski definition) is 1. The summed E-state index contributed by atoms with van der Waals surface area (Å²) in [6.07, 6.45) is 4.08. The third-order valence-corrected chi connectivity index (χ3v) is 2.50. The van der Waals surface area contributed by atoms with Gasteiger partial charge in [-0.15, -0.1) is 0 Å². The van der Waals surface area contributed by atoms with Crippen molar-refractivity contribution >= 4 is 5.82 Å². The molecule has 2 N–H and O–H groups in total. The molecule has 0 amide bonds. The second-order valence-corrected chi connectivity index (χ2v) is 3.56. The average Bonchev–Trinajstić information content (AvgIpc) is 2.51. The van der Waals surface area contributed by atoms with Gasteiger partial charge < -0.3 is 10.5 Å². The average molecular weight is 181 g/mol. The van der Waals surface area contributed by atoms with Crippen LogP contribution in [0.1, 0.15) is 25.8 Å². The predicted molar refractivity (Wildman–Crippen MR) is 50.3 cm³/mol. The Balaban J connectivity index is 2.12. The highest BCUT2D eigenvalue weighted by Crippen LogP contribution is 2.25. The highest BCUT2D eigenvalue weighted by Gasteiger charge is 2.22. The minimum atomic E-state index is 0.322. The summed E-state index contributed by atoms with van der Waals surface area (Å²) in [7, 11) is 0. The maximum Gasteiger partial charge on any atom is 0.121 e. The van der Waals surface area contributed by atoms with Crippen LogP contribution in [0.25, 0.3) is 0 Å². The van der Waals surface area contributed by atoms with Gasteiger partial charge in [-0.25, -0.2) is 4.68 Å². The van der Waals surface area contributed by atoms with Crippen molar-refractivity contribution in [3.05, 3.63) is 12.3 Å². The van der Waals surface area contributed by atoms with Crippen molar-refractivity contribution in [1.82, 2.24) is 9.78 Å². The first-order chi connectivity index (χ1) is 6.27. The molecule has 0 aliphatic carbocycles. The second kappa shape index (κ2) is 3.38. The molecule has 1 aliphatic rings. The molecule has 2 heterocycles. The number of anilines is 1. The van der Waals surface area contributed by atoms with Crippen LogP contribution < -0.4 is 5.73 Å². The van der Waals surface area contributed by atoms with Gasteiger partial charge in [0, 0.05) is 6.61 Å². The molecule has 13 heavy (non-hydrogen) atoms. The van der Waals surface area contributed by atoms with Crippen LogP contribution in [0.4, 0.5) is 5.82 Å². The summed E-state index contributed by atoms with van der Waals surface area (Å²) in [5, 5.41) is 4.21. The number of hydrogen-bond acceptors (Lipinski definition) is 3. The van der Waals surface area contributed by atoms with E-state index in [2.05, 4.69) is 12.0 Å². The Morgan fingerprint density at radius 3 is 3.15 bits per heavy atom. The molecule has 1 aliphatic heterocycles. The van der Waals surface area contributed by atoms with E-state index in [0.29, 0.717) is 12.1 Å². The molecular weight excluding hydrogens is 166 g/mol. The standard InChI is InChI=1S/C9H15N3O/c1-7-6-8(3-5-13-7)12-9(10)2-4-11-12/h2,4,7-8H,3,5-6,10H2,1H3. The Bertz CT molecular complexity index is 284. The first kappa shape index (κ1) is 8.56. The molecule has 0 spiro atoms. The molecule has 4 heteroatoms. The van der Waals surface area contributed by atoms with Gasteiger partial charge in [0.25, 0.3) is 0 Å². The number of nitrogens with zero attached hydrogens (tertiary/aromatic N) is 2. The maximum atomic E-state index is 5.78. The van der Waals surface area contributed by atoms with Crippen LogP contribution in [0.2, 0.25) is 0 Å². The fourth-order valence-electron chi connectivity index (χ4n) is 1.83. The molecule has 1 aromatic heterocycles. The number of nitrogen functional groups attached to an aromatic ring is 1. The molecule has 0 bridgehead atoms. The summed E-state index contributed by atoms with van der Waals surface area (Å²) < 4.78 is 7.37. The highest BCUT2D eigenvalue weighted by atomic mass is 16.5. The summed E-state index contributed by atoms with van der Waals surface area (Å²) in [5.74, 6) is 0.749. The van der Waals surface area contributed by atoms with Crippen molar-refractivity contribution in [1.29, 1.82) is 0 Å². The van der Waals surface area contributed by atoms with Crippen LogP contribution in [0, 0.1) is 0 Å².